The van der Waals surface area contributed by atoms with Crippen molar-refractivity contribution in [3.63, 3.8) is 0 Å². The largest absolute Gasteiger partial charge is 0.318 e. The summed E-state index contributed by atoms with van der Waals surface area (Å²) < 4.78 is 2.12. The Kier molecular flexibility index (Phi) is 3.37. The van der Waals surface area contributed by atoms with Gasteiger partial charge in [-0.2, -0.15) is 0 Å². The van der Waals surface area contributed by atoms with Crippen molar-refractivity contribution >= 4 is 11.0 Å². The van der Waals surface area contributed by atoms with E-state index < -0.39 is 0 Å². The molecule has 0 saturated heterocycles. The molecular formula is C19H16N4. The molecule has 1 unspecified atom stereocenters. The van der Waals surface area contributed by atoms with Crippen LogP contribution in [0, 0.1) is 0 Å². The first-order chi connectivity index (χ1) is 11.3. The van der Waals surface area contributed by atoms with Gasteiger partial charge in [0.1, 0.15) is 5.82 Å². The SMILES string of the molecule is NC(c1cccnc1)c1nc2ccccc2n1-c1ccccc1. The Labute approximate surface area is 134 Å². The Hall–Kier alpha value is -2.98. The molecule has 0 bridgehead atoms. The molecule has 0 spiro atoms. The molecule has 2 aromatic heterocycles. The summed E-state index contributed by atoms with van der Waals surface area (Å²) >= 11 is 0. The van der Waals surface area contributed by atoms with Crippen molar-refractivity contribution in [3.05, 3.63) is 90.5 Å². The molecule has 0 aliphatic heterocycles. The maximum atomic E-state index is 6.49. The van der Waals surface area contributed by atoms with Crippen molar-refractivity contribution in [2.45, 2.75) is 6.04 Å². The molecule has 0 radical (unpaired) electrons. The summed E-state index contributed by atoms with van der Waals surface area (Å²) in [6.45, 7) is 0. The van der Waals surface area contributed by atoms with Crippen molar-refractivity contribution < 1.29 is 0 Å². The lowest BCUT2D eigenvalue weighted by Crippen LogP contribution is -2.17. The fraction of sp³-hybridized carbons (Fsp3) is 0.0526. The fourth-order valence-electron chi connectivity index (χ4n) is 2.81. The molecule has 0 aliphatic rings. The lowest BCUT2D eigenvalue weighted by Gasteiger charge is -2.15. The van der Waals surface area contributed by atoms with Gasteiger partial charge in [-0.15, -0.1) is 0 Å². The fourth-order valence-corrected chi connectivity index (χ4v) is 2.81. The zero-order valence-electron chi connectivity index (χ0n) is 12.5. The highest BCUT2D eigenvalue weighted by Gasteiger charge is 2.19. The first-order valence-corrected chi connectivity index (χ1v) is 7.53. The van der Waals surface area contributed by atoms with Gasteiger partial charge in [0.05, 0.1) is 17.1 Å². The molecular weight excluding hydrogens is 284 g/mol. The number of benzene rings is 2. The lowest BCUT2D eigenvalue weighted by atomic mass is 10.1. The van der Waals surface area contributed by atoms with Crippen LogP contribution in [0.2, 0.25) is 0 Å². The summed E-state index contributed by atoms with van der Waals surface area (Å²) in [5.41, 5.74) is 10.5. The van der Waals surface area contributed by atoms with Gasteiger partial charge in [0.2, 0.25) is 0 Å². The van der Waals surface area contributed by atoms with E-state index in [2.05, 4.69) is 27.8 Å². The van der Waals surface area contributed by atoms with Gasteiger partial charge >= 0.3 is 0 Å². The molecule has 2 aromatic carbocycles. The predicted octanol–water partition coefficient (Wildman–Crippen LogP) is 3.47. The Morgan fingerprint density at radius 3 is 2.43 bits per heavy atom. The van der Waals surface area contributed by atoms with Crippen LogP contribution in [0.15, 0.2) is 79.1 Å². The number of aromatic nitrogens is 3. The van der Waals surface area contributed by atoms with Crippen LogP contribution in [-0.4, -0.2) is 14.5 Å². The molecule has 23 heavy (non-hydrogen) atoms. The summed E-state index contributed by atoms with van der Waals surface area (Å²) in [7, 11) is 0. The number of imidazole rings is 1. The van der Waals surface area contributed by atoms with Crippen LogP contribution in [0.5, 0.6) is 0 Å². The van der Waals surface area contributed by atoms with Crippen LogP contribution in [0.4, 0.5) is 0 Å². The van der Waals surface area contributed by atoms with Crippen LogP contribution in [0.1, 0.15) is 17.4 Å². The van der Waals surface area contributed by atoms with Crippen molar-refractivity contribution in [1.82, 2.24) is 14.5 Å². The molecule has 0 saturated carbocycles. The van der Waals surface area contributed by atoms with Crippen molar-refractivity contribution in [1.29, 1.82) is 0 Å². The topological polar surface area (TPSA) is 56.7 Å². The average molecular weight is 300 g/mol. The van der Waals surface area contributed by atoms with E-state index in [1.54, 1.807) is 12.4 Å². The third-order valence-electron chi connectivity index (χ3n) is 3.92. The Balaban J connectivity index is 1.96. The molecule has 4 nitrogen and oxygen atoms in total. The van der Waals surface area contributed by atoms with E-state index in [0.717, 1.165) is 28.1 Å². The first-order valence-electron chi connectivity index (χ1n) is 7.53. The number of fused-ring (bicyclic) bond motifs is 1. The summed E-state index contributed by atoms with van der Waals surface area (Å²) in [4.78, 5) is 8.95. The van der Waals surface area contributed by atoms with E-state index in [1.807, 2.05) is 48.5 Å². The number of hydrogen-bond donors (Lipinski definition) is 1. The van der Waals surface area contributed by atoms with Gasteiger partial charge in [0.15, 0.2) is 0 Å². The minimum Gasteiger partial charge on any atom is -0.318 e. The Morgan fingerprint density at radius 1 is 0.870 bits per heavy atom. The van der Waals surface area contributed by atoms with Crippen LogP contribution in [0.25, 0.3) is 16.7 Å². The Bertz CT molecular complexity index is 929. The minimum atomic E-state index is -0.337. The van der Waals surface area contributed by atoms with Gasteiger partial charge in [-0.05, 0) is 35.9 Å². The number of pyridine rings is 1. The molecule has 1 atom stereocenters. The molecule has 2 N–H and O–H groups in total. The van der Waals surface area contributed by atoms with E-state index in [4.69, 9.17) is 10.7 Å². The summed E-state index contributed by atoms with van der Waals surface area (Å²) in [6.07, 6.45) is 3.54. The zero-order valence-corrected chi connectivity index (χ0v) is 12.5. The molecule has 2 heterocycles. The minimum absolute atomic E-state index is 0.337. The summed E-state index contributed by atoms with van der Waals surface area (Å²) in [5, 5.41) is 0. The number of rotatable bonds is 3. The highest BCUT2D eigenvalue weighted by Crippen LogP contribution is 2.27. The van der Waals surface area contributed by atoms with Gasteiger partial charge < -0.3 is 5.73 Å². The van der Waals surface area contributed by atoms with Gasteiger partial charge in [-0.25, -0.2) is 4.98 Å². The highest BCUT2D eigenvalue weighted by molar-refractivity contribution is 5.78. The lowest BCUT2D eigenvalue weighted by molar-refractivity contribution is 0.762. The van der Waals surface area contributed by atoms with Crippen molar-refractivity contribution in [2.24, 2.45) is 5.73 Å². The predicted molar refractivity (Wildman–Crippen MR) is 91.3 cm³/mol. The molecule has 4 aromatic rings. The number of para-hydroxylation sites is 3. The summed E-state index contributed by atoms with van der Waals surface area (Å²) in [6, 6.07) is 21.8. The molecule has 0 aliphatic carbocycles. The van der Waals surface area contributed by atoms with Gasteiger partial charge in [0, 0.05) is 18.1 Å². The van der Waals surface area contributed by atoms with E-state index in [-0.39, 0.29) is 6.04 Å². The molecule has 112 valence electrons. The highest BCUT2D eigenvalue weighted by atomic mass is 15.1. The molecule has 4 heteroatoms. The smallest absolute Gasteiger partial charge is 0.136 e. The third-order valence-corrected chi connectivity index (χ3v) is 3.92. The van der Waals surface area contributed by atoms with E-state index in [0.29, 0.717) is 0 Å². The molecule has 4 rings (SSSR count). The molecule has 0 amide bonds. The Morgan fingerprint density at radius 2 is 1.65 bits per heavy atom. The average Bonchev–Trinajstić information content (AvgIpc) is 3.02. The van der Waals surface area contributed by atoms with E-state index in [9.17, 15) is 0 Å². The van der Waals surface area contributed by atoms with Crippen LogP contribution in [-0.2, 0) is 0 Å². The maximum absolute atomic E-state index is 6.49. The monoisotopic (exact) mass is 300 g/mol. The maximum Gasteiger partial charge on any atom is 0.136 e. The second-order valence-electron chi connectivity index (χ2n) is 5.39. The van der Waals surface area contributed by atoms with Gasteiger partial charge in [-0.3, -0.25) is 9.55 Å². The third kappa shape index (κ3) is 2.39. The van der Waals surface area contributed by atoms with Crippen molar-refractivity contribution in [2.75, 3.05) is 0 Å². The van der Waals surface area contributed by atoms with Crippen LogP contribution >= 0.6 is 0 Å². The van der Waals surface area contributed by atoms with Crippen molar-refractivity contribution in [3.8, 4) is 5.69 Å². The standard InChI is InChI=1S/C19H16N4/c20-18(14-7-6-12-21-13-14)19-22-16-10-4-5-11-17(16)23(19)15-8-2-1-3-9-15/h1-13,18H,20H2. The number of nitrogens with zero attached hydrogens (tertiary/aromatic N) is 3. The van der Waals surface area contributed by atoms with E-state index >= 15 is 0 Å². The number of nitrogens with two attached hydrogens (primary N) is 1. The second-order valence-corrected chi connectivity index (χ2v) is 5.39. The molecule has 0 fully saturated rings. The second kappa shape index (κ2) is 5.66. The van der Waals surface area contributed by atoms with Gasteiger partial charge in [-0.1, -0.05) is 36.4 Å². The van der Waals surface area contributed by atoms with Crippen LogP contribution in [0.3, 0.4) is 0 Å². The zero-order chi connectivity index (χ0) is 15.6. The summed E-state index contributed by atoms with van der Waals surface area (Å²) in [5.74, 6) is 0.811. The number of hydrogen-bond acceptors (Lipinski definition) is 3. The van der Waals surface area contributed by atoms with Crippen LogP contribution < -0.4 is 5.73 Å². The van der Waals surface area contributed by atoms with E-state index in [1.165, 1.54) is 0 Å². The van der Waals surface area contributed by atoms with Gasteiger partial charge in [0.25, 0.3) is 0 Å². The quantitative estimate of drug-likeness (QED) is 0.630. The normalized spacial score (nSPS) is 12.4. The first kappa shape index (κ1) is 13.7.